The molecule has 0 radical (unpaired) electrons. The number of hydrogen-bond acceptors (Lipinski definition) is 4. The Bertz CT molecular complexity index is 842. The lowest BCUT2D eigenvalue weighted by atomic mass is 10.1. The van der Waals surface area contributed by atoms with Crippen molar-refractivity contribution in [2.45, 2.75) is 11.8 Å². The second-order valence-corrected chi connectivity index (χ2v) is 6.54. The molecule has 0 atom stereocenters. The molecular formula is C14H12ClN3O2S. The van der Waals surface area contributed by atoms with E-state index in [4.69, 9.17) is 22.6 Å². The first-order valence-corrected chi connectivity index (χ1v) is 7.78. The van der Waals surface area contributed by atoms with Crippen LogP contribution >= 0.6 is 11.6 Å². The lowest BCUT2D eigenvalue weighted by Gasteiger charge is -2.11. The minimum absolute atomic E-state index is 0.0541. The van der Waals surface area contributed by atoms with E-state index < -0.39 is 10.0 Å². The molecule has 0 aliphatic carbocycles. The van der Waals surface area contributed by atoms with Crippen molar-refractivity contribution in [1.82, 2.24) is 0 Å². The number of aryl methyl sites for hydroxylation is 1. The molecule has 0 bridgehead atoms. The number of sulfonamides is 1. The SMILES string of the molecule is Cc1cc(S(=O)(=O)Nc2cc(Cl)ccc2N)ccc1C#N. The van der Waals surface area contributed by atoms with Gasteiger partial charge in [0.2, 0.25) is 0 Å². The Morgan fingerprint density at radius 2 is 1.95 bits per heavy atom. The van der Waals surface area contributed by atoms with Crippen molar-refractivity contribution >= 4 is 33.0 Å². The molecule has 0 heterocycles. The van der Waals surface area contributed by atoms with Crippen molar-refractivity contribution in [2.75, 3.05) is 10.5 Å². The van der Waals surface area contributed by atoms with Crippen molar-refractivity contribution < 1.29 is 8.42 Å². The Labute approximate surface area is 128 Å². The number of nitrogens with two attached hydrogens (primary N) is 1. The van der Waals surface area contributed by atoms with Gasteiger partial charge in [-0.25, -0.2) is 8.42 Å². The van der Waals surface area contributed by atoms with Gasteiger partial charge in [-0.15, -0.1) is 0 Å². The first-order valence-electron chi connectivity index (χ1n) is 5.92. The molecule has 0 unspecified atom stereocenters. The number of halogens is 1. The number of nitrogens with zero attached hydrogens (tertiary/aromatic N) is 1. The topological polar surface area (TPSA) is 96.0 Å². The molecule has 0 aliphatic heterocycles. The van der Waals surface area contributed by atoms with Gasteiger partial charge in [0.1, 0.15) is 0 Å². The lowest BCUT2D eigenvalue weighted by molar-refractivity contribution is 0.601. The molecule has 0 saturated carbocycles. The quantitative estimate of drug-likeness (QED) is 0.849. The number of nitrogen functional groups attached to an aromatic ring is 1. The molecule has 2 aromatic carbocycles. The molecule has 2 aromatic rings. The van der Waals surface area contributed by atoms with Crippen LogP contribution in [0.2, 0.25) is 5.02 Å². The normalized spacial score (nSPS) is 10.9. The highest BCUT2D eigenvalue weighted by Crippen LogP contribution is 2.26. The van der Waals surface area contributed by atoms with Gasteiger partial charge in [-0.05, 0) is 48.9 Å². The standard InChI is InChI=1S/C14H12ClN3O2S/c1-9-6-12(4-2-10(9)8-16)21(19,20)18-14-7-11(15)3-5-13(14)17/h2-7,18H,17H2,1H3. The Morgan fingerprint density at radius 1 is 1.24 bits per heavy atom. The first-order chi connectivity index (χ1) is 9.83. The Morgan fingerprint density at radius 3 is 2.57 bits per heavy atom. The van der Waals surface area contributed by atoms with Crippen molar-refractivity contribution in [2.24, 2.45) is 0 Å². The first kappa shape index (κ1) is 15.2. The van der Waals surface area contributed by atoms with Crippen molar-refractivity contribution in [1.29, 1.82) is 5.26 Å². The summed E-state index contributed by atoms with van der Waals surface area (Å²) in [4.78, 5) is 0.0541. The van der Waals surface area contributed by atoms with Gasteiger partial charge in [-0.3, -0.25) is 4.72 Å². The summed E-state index contributed by atoms with van der Waals surface area (Å²) in [5.41, 5.74) is 7.22. The van der Waals surface area contributed by atoms with Crippen LogP contribution in [0.15, 0.2) is 41.3 Å². The third-order valence-electron chi connectivity index (χ3n) is 2.89. The van der Waals surface area contributed by atoms with Crippen LogP contribution in [0.1, 0.15) is 11.1 Å². The van der Waals surface area contributed by atoms with Crippen LogP contribution in [-0.4, -0.2) is 8.42 Å². The van der Waals surface area contributed by atoms with Gasteiger partial charge >= 0.3 is 0 Å². The average Bonchev–Trinajstić information content (AvgIpc) is 2.42. The highest BCUT2D eigenvalue weighted by atomic mass is 35.5. The second kappa shape index (κ2) is 5.64. The van der Waals surface area contributed by atoms with E-state index in [1.54, 1.807) is 13.0 Å². The highest BCUT2D eigenvalue weighted by molar-refractivity contribution is 7.92. The summed E-state index contributed by atoms with van der Waals surface area (Å²) in [5.74, 6) is 0. The molecule has 0 fully saturated rings. The zero-order chi connectivity index (χ0) is 15.6. The molecule has 21 heavy (non-hydrogen) atoms. The fourth-order valence-corrected chi connectivity index (χ4v) is 3.08. The minimum atomic E-state index is -3.80. The summed E-state index contributed by atoms with van der Waals surface area (Å²) in [6.07, 6.45) is 0. The van der Waals surface area contributed by atoms with Gasteiger partial charge in [0.05, 0.1) is 27.9 Å². The highest BCUT2D eigenvalue weighted by Gasteiger charge is 2.16. The lowest BCUT2D eigenvalue weighted by Crippen LogP contribution is -2.14. The van der Waals surface area contributed by atoms with Gasteiger partial charge in [0.15, 0.2) is 0 Å². The van der Waals surface area contributed by atoms with Crippen molar-refractivity contribution in [3.8, 4) is 6.07 Å². The van der Waals surface area contributed by atoms with E-state index in [0.717, 1.165) is 0 Å². The van der Waals surface area contributed by atoms with E-state index in [0.29, 0.717) is 16.1 Å². The Balaban J connectivity index is 2.41. The fourth-order valence-electron chi connectivity index (χ4n) is 1.75. The number of anilines is 2. The summed E-state index contributed by atoms with van der Waals surface area (Å²) >= 11 is 5.83. The maximum absolute atomic E-state index is 12.3. The molecule has 3 N–H and O–H groups in total. The predicted molar refractivity (Wildman–Crippen MR) is 82.6 cm³/mol. The summed E-state index contributed by atoms with van der Waals surface area (Å²) in [7, 11) is -3.80. The molecule has 0 aromatic heterocycles. The number of nitrogens with one attached hydrogen (secondary N) is 1. The molecular weight excluding hydrogens is 310 g/mol. The zero-order valence-electron chi connectivity index (χ0n) is 11.1. The minimum Gasteiger partial charge on any atom is -0.397 e. The van der Waals surface area contributed by atoms with Crippen LogP contribution in [0.3, 0.4) is 0 Å². The number of benzene rings is 2. The van der Waals surface area contributed by atoms with Gasteiger partial charge in [-0.2, -0.15) is 5.26 Å². The Hall–Kier alpha value is -2.23. The summed E-state index contributed by atoms with van der Waals surface area (Å²) in [5, 5.41) is 9.24. The van der Waals surface area contributed by atoms with Gasteiger partial charge in [-0.1, -0.05) is 11.6 Å². The van der Waals surface area contributed by atoms with Gasteiger partial charge in [0.25, 0.3) is 10.0 Å². The van der Waals surface area contributed by atoms with E-state index in [1.165, 1.54) is 30.3 Å². The molecule has 7 heteroatoms. The number of rotatable bonds is 3. The number of nitriles is 1. The molecule has 5 nitrogen and oxygen atoms in total. The van der Waals surface area contributed by atoms with Crippen LogP contribution < -0.4 is 10.5 Å². The monoisotopic (exact) mass is 321 g/mol. The third kappa shape index (κ3) is 3.27. The summed E-state index contributed by atoms with van der Waals surface area (Å²) in [6.45, 7) is 1.67. The fraction of sp³-hybridized carbons (Fsp3) is 0.0714. The van der Waals surface area contributed by atoms with E-state index in [9.17, 15) is 8.42 Å². The smallest absolute Gasteiger partial charge is 0.261 e. The molecule has 0 amide bonds. The molecule has 0 spiro atoms. The van der Waals surface area contributed by atoms with Crippen LogP contribution in [0.4, 0.5) is 11.4 Å². The second-order valence-electron chi connectivity index (χ2n) is 4.43. The van der Waals surface area contributed by atoms with Crippen LogP contribution in [0, 0.1) is 18.3 Å². The third-order valence-corrected chi connectivity index (χ3v) is 4.49. The molecule has 0 saturated heterocycles. The van der Waals surface area contributed by atoms with Crippen LogP contribution in [0.5, 0.6) is 0 Å². The molecule has 2 rings (SSSR count). The maximum atomic E-state index is 12.3. The largest absolute Gasteiger partial charge is 0.397 e. The average molecular weight is 322 g/mol. The molecule has 108 valence electrons. The Kier molecular flexibility index (Phi) is 4.07. The van der Waals surface area contributed by atoms with E-state index in [-0.39, 0.29) is 16.3 Å². The van der Waals surface area contributed by atoms with Gasteiger partial charge in [0, 0.05) is 5.02 Å². The van der Waals surface area contributed by atoms with E-state index in [2.05, 4.69) is 4.72 Å². The van der Waals surface area contributed by atoms with E-state index in [1.807, 2.05) is 6.07 Å². The van der Waals surface area contributed by atoms with Crippen molar-refractivity contribution in [3.05, 3.63) is 52.5 Å². The maximum Gasteiger partial charge on any atom is 0.261 e. The predicted octanol–water partition coefficient (Wildman–Crippen LogP) is 2.90. The number of hydrogen-bond donors (Lipinski definition) is 2. The summed E-state index contributed by atoms with van der Waals surface area (Å²) < 4.78 is 27.0. The van der Waals surface area contributed by atoms with Crippen LogP contribution in [-0.2, 0) is 10.0 Å². The van der Waals surface area contributed by atoms with Crippen molar-refractivity contribution in [3.63, 3.8) is 0 Å². The molecule has 0 aliphatic rings. The zero-order valence-corrected chi connectivity index (χ0v) is 12.7. The van der Waals surface area contributed by atoms with E-state index >= 15 is 0 Å². The van der Waals surface area contributed by atoms with Crippen LogP contribution in [0.25, 0.3) is 0 Å². The summed E-state index contributed by atoms with van der Waals surface area (Å²) in [6, 6.07) is 10.8. The van der Waals surface area contributed by atoms with Gasteiger partial charge < -0.3 is 5.73 Å².